The largest absolute Gasteiger partial charge is 0.342 e. The highest BCUT2D eigenvalue weighted by atomic mass is 16.2. The fraction of sp³-hybridized carbons (Fsp3) is 0.125. The molecule has 5 saturated heterocycles. The average Bonchev–Trinajstić information content (AvgIpc) is 0.766. The second-order valence-electron chi connectivity index (χ2n) is 34.8. The Labute approximate surface area is 838 Å². The number of urea groups is 5. The number of nitrogens with zero attached hydrogens (tertiary/aromatic N) is 10. The number of hydrogen-bond donors (Lipinski definition) is 0. The molecule has 25 heteroatoms. The van der Waals surface area contributed by atoms with Gasteiger partial charge in [0.2, 0.25) is 29.5 Å². The van der Waals surface area contributed by atoms with Crippen LogP contribution in [0.4, 0.5) is 58.1 Å². The molecule has 145 heavy (non-hydrogen) atoms. The van der Waals surface area contributed by atoms with Gasteiger partial charge in [-0.1, -0.05) is 376 Å². The Morgan fingerprint density at radius 3 is 0.731 bits per heavy atom. The number of barbiturate groups is 5. The van der Waals surface area contributed by atoms with Gasteiger partial charge in [0.1, 0.15) is 29.6 Å². The molecular weight excluding hydrogens is 1820 g/mol. The summed E-state index contributed by atoms with van der Waals surface area (Å²) in [5.41, 5.74) is 11.8. The molecule has 0 aliphatic carbocycles. The highest BCUT2D eigenvalue weighted by Gasteiger charge is 2.53. The highest BCUT2D eigenvalue weighted by Crippen LogP contribution is 2.39. The Balaban J connectivity index is 0.000000130. The van der Waals surface area contributed by atoms with Gasteiger partial charge in [-0.25, -0.2) is 53.4 Å². The van der Waals surface area contributed by atoms with E-state index in [1.807, 2.05) is 244 Å². The first-order chi connectivity index (χ1) is 70.6. The Morgan fingerprint density at radius 1 is 0.179 bits per heavy atom. The molecule has 5 heterocycles. The van der Waals surface area contributed by atoms with Crippen LogP contribution in [0.2, 0.25) is 0 Å². The lowest BCUT2D eigenvalue weighted by Crippen LogP contribution is -2.60. The maximum atomic E-state index is 13.3. The molecule has 0 spiro atoms. The summed E-state index contributed by atoms with van der Waals surface area (Å²) >= 11 is 0. The van der Waals surface area contributed by atoms with Crippen molar-refractivity contribution in [1.29, 1.82) is 0 Å². The Kier molecular flexibility index (Phi) is 32.1. The summed E-state index contributed by atoms with van der Waals surface area (Å²) in [7, 11) is 0. The molecule has 0 radical (unpaired) electrons. The van der Waals surface area contributed by atoms with Crippen molar-refractivity contribution in [3.8, 4) is 0 Å². The van der Waals surface area contributed by atoms with E-state index in [2.05, 4.69) is 0 Å². The SMILES string of the molecule is Cc1ccc(N2C(=O)C(c3ccccc3)C(=O)N(c3ccccc3)C2=O)cc1.Cc1cccc(N2C(=O)C(c3ccccc3)C(=O)N(c3ccccc3)C2=O)c1.O=C1C(Cc2ccccc2)C(=O)N(Cc2ccccc2)C(=O)N1Cc1ccccc1.O=C1C(Cc2ccccc2)C(=O)N(c2ccccc2)C(=O)N1CCc1ccccc1.O=C1C(c2ccccc2)C(=O)N(c2ccccc2)C(=O)N1CCc1ccccc1. The third-order valence-electron chi connectivity index (χ3n) is 25.0. The summed E-state index contributed by atoms with van der Waals surface area (Å²) in [5, 5.41) is 0. The number of anilines is 6. The van der Waals surface area contributed by atoms with Crippen molar-refractivity contribution in [2.24, 2.45) is 11.8 Å². The van der Waals surface area contributed by atoms with Crippen molar-refractivity contribution in [2.75, 3.05) is 42.5 Å². The van der Waals surface area contributed by atoms with Gasteiger partial charge >= 0.3 is 30.2 Å². The molecule has 15 aromatic carbocycles. The third kappa shape index (κ3) is 23.1. The number of amides is 20. The van der Waals surface area contributed by atoms with Crippen LogP contribution in [0, 0.1) is 25.7 Å². The van der Waals surface area contributed by atoms with Crippen LogP contribution in [0.25, 0.3) is 0 Å². The van der Waals surface area contributed by atoms with Crippen LogP contribution in [0.15, 0.2) is 443 Å². The van der Waals surface area contributed by atoms with E-state index in [9.17, 15) is 71.9 Å². The Morgan fingerprint density at radius 2 is 0.414 bits per heavy atom. The van der Waals surface area contributed by atoms with E-state index in [1.165, 1.54) is 19.6 Å². The third-order valence-corrected chi connectivity index (χ3v) is 25.0. The molecular formula is C120H100N10O15. The van der Waals surface area contributed by atoms with Gasteiger partial charge in [-0.3, -0.25) is 67.5 Å². The molecule has 20 rings (SSSR count). The second kappa shape index (κ2) is 46.9. The lowest BCUT2D eigenvalue weighted by Gasteiger charge is -2.37. The Bertz CT molecular complexity index is 6830. The summed E-state index contributed by atoms with van der Waals surface area (Å²) in [6, 6.07) is 129. The van der Waals surface area contributed by atoms with Gasteiger partial charge in [0.05, 0.1) is 47.2 Å². The number of carbonyl (C=O) groups is 15. The summed E-state index contributed by atoms with van der Waals surface area (Å²) in [4.78, 5) is 210. The molecule has 4 atom stereocenters. The van der Waals surface area contributed by atoms with Crippen LogP contribution in [-0.2, 0) is 86.7 Å². The number of carbonyl (C=O) groups excluding carboxylic acids is 15. The molecule has 720 valence electrons. The summed E-state index contributed by atoms with van der Waals surface area (Å²) < 4.78 is 0. The zero-order valence-corrected chi connectivity index (χ0v) is 79.3. The summed E-state index contributed by atoms with van der Waals surface area (Å²) in [6.07, 6.45) is 1.59. The van der Waals surface area contributed by atoms with Gasteiger partial charge in [0, 0.05) is 13.1 Å². The van der Waals surface area contributed by atoms with E-state index in [1.54, 1.807) is 212 Å². The first-order valence-electron chi connectivity index (χ1n) is 47.3. The molecule has 0 saturated carbocycles. The standard InChI is InChI=1S/2C25H22N2O3.C24H20N2O3.2C23H18N2O3/c28-23-22(16-19-10-4-1-5-11-19)24(29)27(18-21-14-8-3-9-15-21)25(30)26(23)17-20-12-6-2-7-13-20;28-23-22(18-20-12-6-2-7-13-20)24(29)27(21-14-8-3-9-15-21)25(30)26(23)17-16-19-10-4-1-5-11-19;27-22-21(19-12-6-2-7-13-19)23(28)26(20-14-8-3-9-15-20)24(29)25(22)17-16-18-10-4-1-5-11-18;1-16-9-8-14-19(15-16)25-22(27)20(17-10-4-2-5-11-17)21(26)24(23(25)28)18-12-6-3-7-13-18;1-16-12-14-19(15-13-16)25-22(27)20(17-8-4-2-5-9-17)21(26)24(23(25)28)18-10-6-3-7-11-18/h2*1-15,22H,16-18H2;1-15,21H,16-17H2;2*2-15,20H,1H3. The molecule has 25 nitrogen and oxygen atoms in total. The smallest absolute Gasteiger partial charge is 0.273 e. The van der Waals surface area contributed by atoms with Crippen molar-refractivity contribution in [1.82, 2.24) is 19.6 Å². The van der Waals surface area contributed by atoms with Crippen LogP contribution in [0.1, 0.15) is 79.0 Å². The molecule has 5 fully saturated rings. The first kappa shape index (κ1) is 99.4. The fourth-order valence-electron chi connectivity index (χ4n) is 17.6. The van der Waals surface area contributed by atoms with Crippen molar-refractivity contribution in [2.45, 2.75) is 70.4 Å². The molecule has 15 aromatic rings. The van der Waals surface area contributed by atoms with E-state index in [4.69, 9.17) is 0 Å². The van der Waals surface area contributed by atoms with Crippen LogP contribution < -0.4 is 29.4 Å². The van der Waals surface area contributed by atoms with Crippen molar-refractivity contribution in [3.05, 3.63) is 504 Å². The number of para-hydroxylation sites is 4. The minimum Gasteiger partial charge on any atom is -0.273 e. The van der Waals surface area contributed by atoms with Crippen LogP contribution >= 0.6 is 0 Å². The molecule has 20 amide bonds. The molecule has 0 aromatic heterocycles. The van der Waals surface area contributed by atoms with Crippen molar-refractivity contribution >= 4 is 123 Å². The first-order valence-corrected chi connectivity index (χ1v) is 47.3. The maximum absolute atomic E-state index is 13.3. The number of aryl methyl sites for hydroxylation is 2. The molecule has 5 aliphatic heterocycles. The molecule has 5 aliphatic rings. The minimum absolute atomic E-state index is 0.141. The summed E-state index contributed by atoms with van der Waals surface area (Å²) in [5.74, 6) is -10.0. The van der Waals surface area contributed by atoms with E-state index in [0.717, 1.165) is 73.9 Å². The summed E-state index contributed by atoms with van der Waals surface area (Å²) in [6.45, 7) is 4.53. The quantitative estimate of drug-likeness (QED) is 0.0538. The van der Waals surface area contributed by atoms with Crippen LogP contribution in [0.3, 0.4) is 0 Å². The van der Waals surface area contributed by atoms with Crippen LogP contribution in [0.5, 0.6) is 0 Å². The molecule has 0 N–H and O–H groups in total. The fourth-order valence-corrected chi connectivity index (χ4v) is 17.6. The molecule has 4 unspecified atom stereocenters. The van der Waals surface area contributed by atoms with Gasteiger partial charge in [-0.05, 0) is 168 Å². The van der Waals surface area contributed by atoms with Gasteiger partial charge < -0.3 is 0 Å². The van der Waals surface area contributed by atoms with E-state index in [0.29, 0.717) is 63.7 Å². The minimum atomic E-state index is -1.08. The van der Waals surface area contributed by atoms with Crippen LogP contribution in [-0.4, -0.2) is 122 Å². The van der Waals surface area contributed by atoms with Gasteiger partial charge in [0.25, 0.3) is 29.5 Å². The number of hydrogen-bond acceptors (Lipinski definition) is 15. The normalized spacial score (nSPS) is 16.6. The van der Waals surface area contributed by atoms with Gasteiger partial charge in [-0.2, -0.15) is 0 Å². The van der Waals surface area contributed by atoms with Gasteiger partial charge in [-0.15, -0.1) is 0 Å². The monoisotopic (exact) mass is 1920 g/mol. The zero-order valence-electron chi connectivity index (χ0n) is 79.3. The van der Waals surface area contributed by atoms with E-state index in [-0.39, 0.29) is 39.0 Å². The van der Waals surface area contributed by atoms with E-state index >= 15 is 0 Å². The second-order valence-corrected chi connectivity index (χ2v) is 34.8. The number of benzene rings is 15. The zero-order chi connectivity index (χ0) is 101. The Hall–Kier alpha value is -18.7. The molecule has 0 bridgehead atoms. The average molecular weight is 1920 g/mol. The van der Waals surface area contributed by atoms with Crippen molar-refractivity contribution in [3.63, 3.8) is 0 Å². The van der Waals surface area contributed by atoms with Crippen molar-refractivity contribution < 1.29 is 71.9 Å². The van der Waals surface area contributed by atoms with Gasteiger partial charge in [0.15, 0.2) is 0 Å². The highest BCUT2D eigenvalue weighted by molar-refractivity contribution is 6.40. The topological polar surface area (TPSA) is 288 Å². The lowest BCUT2D eigenvalue weighted by molar-refractivity contribution is -0.150. The lowest BCUT2D eigenvalue weighted by atomic mass is 9.93. The number of imide groups is 10. The predicted octanol–water partition coefficient (Wildman–Crippen LogP) is 20.7. The maximum Gasteiger partial charge on any atom is 0.342 e. The predicted molar refractivity (Wildman–Crippen MR) is 553 cm³/mol. The van der Waals surface area contributed by atoms with E-state index < -0.39 is 119 Å². The number of rotatable bonds is 23.